The van der Waals surface area contributed by atoms with Crippen LogP contribution >= 0.6 is 0 Å². The first-order valence-electron chi connectivity index (χ1n) is 7.29. The van der Waals surface area contributed by atoms with Crippen molar-refractivity contribution in [3.05, 3.63) is 34.9 Å². The van der Waals surface area contributed by atoms with Crippen LogP contribution in [0.2, 0.25) is 0 Å². The van der Waals surface area contributed by atoms with Crippen LogP contribution < -0.4 is 11.3 Å². The second-order valence-electron chi connectivity index (χ2n) is 5.66. The number of nitrogens with two attached hydrogens (primary N) is 1. The topological polar surface area (TPSA) is 47.3 Å². The van der Waals surface area contributed by atoms with E-state index in [9.17, 15) is 0 Å². The van der Waals surface area contributed by atoms with Gasteiger partial charge in [-0.2, -0.15) is 0 Å². The number of hydrogen-bond donors (Lipinski definition) is 2. The first-order chi connectivity index (χ1) is 9.15. The Hall–Kier alpha value is -0.900. The Morgan fingerprint density at radius 2 is 2.11 bits per heavy atom. The van der Waals surface area contributed by atoms with Gasteiger partial charge in [0.1, 0.15) is 0 Å². The second-order valence-corrected chi connectivity index (χ2v) is 5.66. The summed E-state index contributed by atoms with van der Waals surface area (Å²) in [5.74, 6) is 6.46. The maximum Gasteiger partial charge on any atom is 0.0772 e. The molecule has 1 aromatic carbocycles. The quantitative estimate of drug-likeness (QED) is 0.586. The molecule has 3 nitrogen and oxygen atoms in total. The second kappa shape index (κ2) is 6.51. The molecule has 0 bridgehead atoms. The Morgan fingerprint density at radius 3 is 2.68 bits per heavy atom. The summed E-state index contributed by atoms with van der Waals surface area (Å²) < 4.78 is 5.92. The van der Waals surface area contributed by atoms with Crippen molar-refractivity contribution in [1.29, 1.82) is 0 Å². The van der Waals surface area contributed by atoms with E-state index in [1.807, 2.05) is 0 Å². The maximum absolute atomic E-state index is 5.92. The van der Waals surface area contributed by atoms with E-state index in [1.54, 1.807) is 0 Å². The van der Waals surface area contributed by atoms with Crippen molar-refractivity contribution >= 4 is 0 Å². The highest BCUT2D eigenvalue weighted by molar-refractivity contribution is 5.31. The highest BCUT2D eigenvalue weighted by Crippen LogP contribution is 2.36. The van der Waals surface area contributed by atoms with E-state index in [2.05, 4.69) is 44.4 Å². The molecule has 0 radical (unpaired) electrons. The lowest BCUT2D eigenvalue weighted by Gasteiger charge is -2.27. The third kappa shape index (κ3) is 3.78. The van der Waals surface area contributed by atoms with Gasteiger partial charge in [0.25, 0.3) is 0 Å². The van der Waals surface area contributed by atoms with Crippen LogP contribution in [-0.2, 0) is 11.2 Å². The van der Waals surface area contributed by atoms with Gasteiger partial charge in [0.05, 0.1) is 12.1 Å². The molecule has 1 aliphatic carbocycles. The summed E-state index contributed by atoms with van der Waals surface area (Å²) in [6.45, 7) is 7.11. The monoisotopic (exact) mass is 262 g/mol. The van der Waals surface area contributed by atoms with Gasteiger partial charge in [0, 0.05) is 6.61 Å². The number of benzene rings is 1. The van der Waals surface area contributed by atoms with Crippen molar-refractivity contribution in [2.24, 2.45) is 11.8 Å². The lowest BCUT2D eigenvalue weighted by atomic mass is 9.94. The zero-order chi connectivity index (χ0) is 13.8. The van der Waals surface area contributed by atoms with Gasteiger partial charge in [0.2, 0.25) is 0 Å². The minimum Gasteiger partial charge on any atom is -0.377 e. The van der Waals surface area contributed by atoms with Crippen molar-refractivity contribution in [2.75, 3.05) is 6.61 Å². The van der Waals surface area contributed by atoms with Crippen LogP contribution in [0.5, 0.6) is 0 Å². The minimum absolute atomic E-state index is 0.202. The Kier molecular flexibility index (Phi) is 4.97. The zero-order valence-electron chi connectivity index (χ0n) is 12.3. The van der Waals surface area contributed by atoms with E-state index < -0.39 is 0 Å². The minimum atomic E-state index is 0.202. The highest BCUT2D eigenvalue weighted by Gasteiger charge is 2.37. The van der Waals surface area contributed by atoms with Crippen molar-refractivity contribution < 1.29 is 4.74 Å². The van der Waals surface area contributed by atoms with Gasteiger partial charge in [-0.05, 0) is 57.1 Å². The SMILES string of the molecule is CCOC(C1CC1)C(Cc1cc(C)ccc1C)NN. The number of aryl methyl sites for hydroxylation is 2. The standard InChI is InChI=1S/C16H26N2O/c1-4-19-16(13-7-8-13)15(18-17)10-14-9-11(2)5-6-12(14)3/h5-6,9,13,15-16,18H,4,7-8,10,17H2,1-3H3. The predicted molar refractivity (Wildman–Crippen MR) is 78.9 cm³/mol. The molecule has 1 fully saturated rings. The van der Waals surface area contributed by atoms with Crippen LogP contribution in [0.3, 0.4) is 0 Å². The Bertz CT molecular complexity index is 415. The van der Waals surface area contributed by atoms with Crippen molar-refractivity contribution in [1.82, 2.24) is 5.43 Å². The molecule has 1 saturated carbocycles. The summed E-state index contributed by atoms with van der Waals surface area (Å²) in [7, 11) is 0. The highest BCUT2D eigenvalue weighted by atomic mass is 16.5. The zero-order valence-corrected chi connectivity index (χ0v) is 12.3. The van der Waals surface area contributed by atoms with Crippen LogP contribution in [0.15, 0.2) is 18.2 Å². The van der Waals surface area contributed by atoms with Gasteiger partial charge >= 0.3 is 0 Å². The van der Waals surface area contributed by atoms with Crippen molar-refractivity contribution in [3.8, 4) is 0 Å². The molecule has 0 spiro atoms. The van der Waals surface area contributed by atoms with Crippen molar-refractivity contribution in [2.45, 2.75) is 52.2 Å². The van der Waals surface area contributed by atoms with Gasteiger partial charge in [-0.3, -0.25) is 11.3 Å². The number of hydrogen-bond acceptors (Lipinski definition) is 3. The summed E-state index contributed by atoms with van der Waals surface area (Å²) in [6.07, 6.45) is 3.73. The fourth-order valence-electron chi connectivity index (χ4n) is 2.72. The van der Waals surface area contributed by atoms with Gasteiger partial charge in [-0.1, -0.05) is 23.8 Å². The lowest BCUT2D eigenvalue weighted by Crippen LogP contribution is -2.47. The molecule has 3 N–H and O–H groups in total. The summed E-state index contributed by atoms with van der Waals surface area (Å²) in [4.78, 5) is 0. The number of ether oxygens (including phenoxy) is 1. The van der Waals surface area contributed by atoms with E-state index in [0.29, 0.717) is 5.92 Å². The molecule has 0 aliphatic heterocycles. The summed E-state index contributed by atoms with van der Waals surface area (Å²) in [6, 6.07) is 6.80. The summed E-state index contributed by atoms with van der Waals surface area (Å²) in [5.41, 5.74) is 6.98. The van der Waals surface area contributed by atoms with Crippen LogP contribution in [0, 0.1) is 19.8 Å². The molecule has 0 saturated heterocycles. The largest absolute Gasteiger partial charge is 0.377 e. The molecule has 0 amide bonds. The average molecular weight is 262 g/mol. The van der Waals surface area contributed by atoms with E-state index in [1.165, 1.54) is 29.5 Å². The predicted octanol–water partition coefficient (Wildman–Crippen LogP) is 2.49. The Labute approximate surface area is 116 Å². The molecule has 106 valence electrons. The first kappa shape index (κ1) is 14.5. The van der Waals surface area contributed by atoms with Crippen molar-refractivity contribution in [3.63, 3.8) is 0 Å². The molecule has 0 aromatic heterocycles. The van der Waals surface area contributed by atoms with Crippen LogP contribution in [-0.4, -0.2) is 18.8 Å². The van der Waals surface area contributed by atoms with Crippen LogP contribution in [0.25, 0.3) is 0 Å². The fraction of sp³-hybridized carbons (Fsp3) is 0.625. The molecule has 19 heavy (non-hydrogen) atoms. The van der Waals surface area contributed by atoms with Gasteiger partial charge < -0.3 is 4.74 Å². The van der Waals surface area contributed by atoms with E-state index in [0.717, 1.165) is 13.0 Å². The average Bonchev–Trinajstić information content (AvgIpc) is 3.22. The summed E-state index contributed by atoms with van der Waals surface area (Å²) in [5, 5.41) is 0. The maximum atomic E-state index is 5.92. The Balaban J connectivity index is 2.10. The lowest BCUT2D eigenvalue weighted by molar-refractivity contribution is 0.0191. The van der Waals surface area contributed by atoms with Gasteiger partial charge in [-0.15, -0.1) is 0 Å². The normalized spacial score (nSPS) is 18.3. The number of rotatable bonds is 7. The van der Waals surface area contributed by atoms with Gasteiger partial charge in [-0.25, -0.2) is 0 Å². The third-order valence-corrected chi connectivity index (χ3v) is 4.00. The molecule has 0 heterocycles. The van der Waals surface area contributed by atoms with Gasteiger partial charge in [0.15, 0.2) is 0 Å². The van der Waals surface area contributed by atoms with Crippen LogP contribution in [0.1, 0.15) is 36.5 Å². The van der Waals surface area contributed by atoms with Crippen LogP contribution in [0.4, 0.5) is 0 Å². The van der Waals surface area contributed by atoms with E-state index >= 15 is 0 Å². The molecule has 2 unspecified atom stereocenters. The van der Waals surface area contributed by atoms with E-state index in [4.69, 9.17) is 10.6 Å². The third-order valence-electron chi connectivity index (χ3n) is 4.00. The first-order valence-corrected chi connectivity index (χ1v) is 7.29. The summed E-state index contributed by atoms with van der Waals surface area (Å²) >= 11 is 0. The Morgan fingerprint density at radius 1 is 1.37 bits per heavy atom. The smallest absolute Gasteiger partial charge is 0.0772 e. The number of nitrogens with one attached hydrogen (secondary N) is 1. The molecule has 1 aliphatic rings. The molecule has 2 rings (SSSR count). The fourth-order valence-corrected chi connectivity index (χ4v) is 2.72. The molecule has 1 aromatic rings. The molecule has 3 heteroatoms. The van der Waals surface area contributed by atoms with E-state index in [-0.39, 0.29) is 12.1 Å². The molecule has 2 atom stereocenters. The number of hydrazine groups is 1. The molecular formula is C16H26N2O. The molecular weight excluding hydrogens is 236 g/mol.